The van der Waals surface area contributed by atoms with Crippen LogP contribution in [0, 0.1) is 0 Å². The van der Waals surface area contributed by atoms with Crippen LogP contribution in [0.4, 0.5) is 0 Å². The number of carboxylic acids is 1. The number of ether oxygens (including phenoxy) is 1. The molecule has 0 rings (SSSR count). The van der Waals surface area contributed by atoms with E-state index < -0.39 is 11.9 Å². The minimum absolute atomic E-state index is 0.0686. The molecule has 0 heterocycles. The lowest BCUT2D eigenvalue weighted by Gasteiger charge is -1.99. The van der Waals surface area contributed by atoms with Gasteiger partial charge in [-0.05, 0) is 19.9 Å². The highest BCUT2D eigenvalue weighted by molar-refractivity contribution is 5.95. The standard InChI is InChI=1S/C10H12O4/c1-4-8(10(13)14-5-2)6-7(3)9(11)12/h4-6H,2H2,1,3H3,(H,11,12). The van der Waals surface area contributed by atoms with E-state index in [4.69, 9.17) is 5.11 Å². The van der Waals surface area contributed by atoms with Gasteiger partial charge in [0.05, 0.1) is 11.8 Å². The van der Waals surface area contributed by atoms with Crippen LogP contribution in [0.5, 0.6) is 0 Å². The van der Waals surface area contributed by atoms with Crippen LogP contribution in [0.1, 0.15) is 13.8 Å². The average molecular weight is 196 g/mol. The zero-order valence-corrected chi connectivity index (χ0v) is 8.11. The second-order valence-electron chi connectivity index (χ2n) is 2.45. The maximum atomic E-state index is 11.1. The van der Waals surface area contributed by atoms with Crippen LogP contribution < -0.4 is 0 Å². The Kier molecular flexibility index (Phi) is 4.99. The van der Waals surface area contributed by atoms with Gasteiger partial charge < -0.3 is 9.84 Å². The van der Waals surface area contributed by atoms with E-state index in [-0.39, 0.29) is 11.1 Å². The van der Waals surface area contributed by atoms with Crippen molar-refractivity contribution in [3.63, 3.8) is 0 Å². The largest absolute Gasteiger partial charge is 0.478 e. The van der Waals surface area contributed by atoms with E-state index in [1.165, 1.54) is 19.1 Å². The predicted octanol–water partition coefficient (Wildman–Crippen LogP) is 1.65. The van der Waals surface area contributed by atoms with Crippen LogP contribution in [-0.4, -0.2) is 17.0 Å². The second kappa shape index (κ2) is 5.75. The summed E-state index contributed by atoms with van der Waals surface area (Å²) in [5, 5.41) is 8.57. The number of carbonyl (C=O) groups excluding carboxylic acids is 1. The van der Waals surface area contributed by atoms with Crippen molar-refractivity contribution in [3.8, 4) is 0 Å². The summed E-state index contributed by atoms with van der Waals surface area (Å²) in [4.78, 5) is 21.6. The summed E-state index contributed by atoms with van der Waals surface area (Å²) in [6, 6.07) is 0. The molecule has 0 amide bonds. The molecule has 0 aromatic carbocycles. The number of carboxylic acid groups (broad SMARTS) is 1. The van der Waals surface area contributed by atoms with Gasteiger partial charge in [-0.25, -0.2) is 9.59 Å². The molecule has 14 heavy (non-hydrogen) atoms. The Labute approximate surface area is 82.2 Å². The molecule has 0 saturated heterocycles. The maximum absolute atomic E-state index is 11.1. The fourth-order valence-corrected chi connectivity index (χ4v) is 0.699. The summed E-state index contributed by atoms with van der Waals surface area (Å²) in [5.74, 6) is -1.70. The number of esters is 1. The number of aliphatic carboxylic acids is 1. The molecule has 0 unspecified atom stereocenters. The smallest absolute Gasteiger partial charge is 0.342 e. The number of hydrogen-bond donors (Lipinski definition) is 1. The first kappa shape index (κ1) is 12.2. The number of hydrogen-bond acceptors (Lipinski definition) is 3. The van der Waals surface area contributed by atoms with E-state index in [1.54, 1.807) is 6.92 Å². The molecule has 0 aromatic heterocycles. The second-order valence-corrected chi connectivity index (χ2v) is 2.45. The monoisotopic (exact) mass is 196 g/mol. The van der Waals surface area contributed by atoms with Gasteiger partial charge >= 0.3 is 11.9 Å². The molecule has 0 aliphatic rings. The lowest BCUT2D eigenvalue weighted by atomic mass is 10.1. The zero-order valence-electron chi connectivity index (χ0n) is 8.11. The molecule has 4 heteroatoms. The van der Waals surface area contributed by atoms with Crippen molar-refractivity contribution >= 4 is 11.9 Å². The van der Waals surface area contributed by atoms with Gasteiger partial charge in [-0.15, -0.1) is 0 Å². The molecule has 0 fully saturated rings. The summed E-state index contributed by atoms with van der Waals surface area (Å²) in [7, 11) is 0. The van der Waals surface area contributed by atoms with Crippen molar-refractivity contribution in [1.82, 2.24) is 0 Å². The molecule has 0 saturated carbocycles. The van der Waals surface area contributed by atoms with E-state index in [2.05, 4.69) is 11.3 Å². The Balaban J connectivity index is 4.77. The van der Waals surface area contributed by atoms with Gasteiger partial charge in [0.15, 0.2) is 0 Å². The first-order valence-corrected chi connectivity index (χ1v) is 3.92. The van der Waals surface area contributed by atoms with Gasteiger partial charge in [0.2, 0.25) is 0 Å². The van der Waals surface area contributed by atoms with Gasteiger partial charge in [-0.3, -0.25) is 0 Å². The quantitative estimate of drug-likeness (QED) is 0.321. The molecule has 0 aliphatic heterocycles. The fraction of sp³-hybridized carbons (Fsp3) is 0.200. The molecular weight excluding hydrogens is 184 g/mol. The van der Waals surface area contributed by atoms with Crippen LogP contribution in [-0.2, 0) is 14.3 Å². The van der Waals surface area contributed by atoms with Gasteiger partial charge in [0, 0.05) is 5.57 Å². The topological polar surface area (TPSA) is 63.6 Å². The van der Waals surface area contributed by atoms with E-state index in [0.717, 1.165) is 6.26 Å². The highest BCUT2D eigenvalue weighted by Gasteiger charge is 2.08. The van der Waals surface area contributed by atoms with Gasteiger partial charge in [-0.1, -0.05) is 12.7 Å². The minimum Gasteiger partial charge on any atom is -0.478 e. The van der Waals surface area contributed by atoms with E-state index >= 15 is 0 Å². The first-order chi connectivity index (χ1) is 6.52. The van der Waals surface area contributed by atoms with Crippen molar-refractivity contribution in [2.24, 2.45) is 0 Å². The van der Waals surface area contributed by atoms with Gasteiger partial charge in [0.25, 0.3) is 0 Å². The van der Waals surface area contributed by atoms with E-state index in [1.807, 2.05) is 0 Å². The minimum atomic E-state index is -1.07. The Bertz CT molecular complexity index is 310. The summed E-state index contributed by atoms with van der Waals surface area (Å²) >= 11 is 0. The maximum Gasteiger partial charge on any atom is 0.342 e. The van der Waals surface area contributed by atoms with Crippen LogP contribution in [0.25, 0.3) is 0 Å². The third-order valence-corrected chi connectivity index (χ3v) is 1.45. The summed E-state index contributed by atoms with van der Waals surface area (Å²) in [6.45, 7) is 6.24. The third kappa shape index (κ3) is 3.71. The van der Waals surface area contributed by atoms with E-state index in [9.17, 15) is 9.59 Å². The lowest BCUT2D eigenvalue weighted by molar-refractivity contribution is -0.133. The SMILES string of the molecule is C=COC(=O)C(C=C(C)C(=O)O)=CC. The molecule has 0 aliphatic carbocycles. The van der Waals surface area contributed by atoms with Crippen LogP contribution in [0.3, 0.4) is 0 Å². The molecule has 0 radical (unpaired) electrons. The number of carbonyl (C=O) groups is 2. The van der Waals surface area contributed by atoms with Gasteiger partial charge in [0.1, 0.15) is 0 Å². The molecule has 76 valence electrons. The first-order valence-electron chi connectivity index (χ1n) is 3.92. The molecule has 1 N–H and O–H groups in total. The highest BCUT2D eigenvalue weighted by Crippen LogP contribution is 2.05. The Morgan fingerprint density at radius 3 is 2.36 bits per heavy atom. The molecule has 0 bridgehead atoms. The van der Waals surface area contributed by atoms with Crippen molar-refractivity contribution in [2.75, 3.05) is 0 Å². The lowest BCUT2D eigenvalue weighted by Crippen LogP contribution is -2.04. The summed E-state index contributed by atoms with van der Waals surface area (Å²) < 4.78 is 4.49. The van der Waals surface area contributed by atoms with Crippen molar-refractivity contribution in [3.05, 3.63) is 36.1 Å². The molecular formula is C10H12O4. The Morgan fingerprint density at radius 1 is 1.43 bits per heavy atom. The predicted molar refractivity (Wildman–Crippen MR) is 51.4 cm³/mol. The Morgan fingerprint density at radius 2 is 2.00 bits per heavy atom. The average Bonchev–Trinajstić information content (AvgIpc) is 2.13. The van der Waals surface area contributed by atoms with Crippen molar-refractivity contribution < 1.29 is 19.4 Å². The number of allylic oxidation sites excluding steroid dienone is 1. The van der Waals surface area contributed by atoms with E-state index in [0.29, 0.717) is 0 Å². The fourth-order valence-electron chi connectivity index (χ4n) is 0.699. The number of rotatable bonds is 4. The zero-order chi connectivity index (χ0) is 11.1. The van der Waals surface area contributed by atoms with Crippen molar-refractivity contribution in [2.45, 2.75) is 13.8 Å². The molecule has 4 nitrogen and oxygen atoms in total. The van der Waals surface area contributed by atoms with Crippen LogP contribution >= 0.6 is 0 Å². The molecule has 0 atom stereocenters. The Hall–Kier alpha value is -1.84. The molecule has 0 aromatic rings. The summed E-state index contributed by atoms with van der Waals surface area (Å²) in [6.07, 6.45) is 3.71. The van der Waals surface area contributed by atoms with Gasteiger partial charge in [-0.2, -0.15) is 0 Å². The van der Waals surface area contributed by atoms with Crippen LogP contribution in [0.15, 0.2) is 36.1 Å². The normalized spacial score (nSPS) is 12.1. The van der Waals surface area contributed by atoms with Crippen molar-refractivity contribution in [1.29, 1.82) is 0 Å². The highest BCUT2D eigenvalue weighted by atomic mass is 16.5. The third-order valence-electron chi connectivity index (χ3n) is 1.45. The summed E-state index contributed by atoms with van der Waals surface area (Å²) in [5.41, 5.74) is 0.254. The van der Waals surface area contributed by atoms with Crippen LogP contribution in [0.2, 0.25) is 0 Å². The molecule has 0 spiro atoms.